The number of carbonyl (C=O) groups excluding carboxylic acids is 1. The Morgan fingerprint density at radius 3 is 2.50 bits per heavy atom. The maximum atomic E-state index is 11.9. The molecular weight excluding hydrogens is 258 g/mol. The predicted molar refractivity (Wildman–Crippen MR) is 64.9 cm³/mol. The number of ether oxygens (including phenoxy) is 1. The van der Waals surface area contributed by atoms with Crippen LogP contribution in [0.5, 0.6) is 5.75 Å². The number of aromatic hydroxyl groups is 1. The van der Waals surface area contributed by atoms with E-state index < -0.39 is 16.0 Å². The number of rotatable bonds is 4. The molecule has 0 aliphatic heterocycles. The summed E-state index contributed by atoms with van der Waals surface area (Å²) < 4.78 is 30.6. The lowest BCUT2D eigenvalue weighted by Crippen LogP contribution is -2.30. The van der Waals surface area contributed by atoms with Crippen molar-refractivity contribution in [1.29, 1.82) is 0 Å². The first-order valence-electron chi connectivity index (χ1n) is 5.21. The van der Waals surface area contributed by atoms with Crippen molar-refractivity contribution in [3.05, 3.63) is 23.8 Å². The van der Waals surface area contributed by atoms with Crippen molar-refractivity contribution in [3.63, 3.8) is 0 Å². The van der Waals surface area contributed by atoms with Crippen LogP contribution in [0, 0.1) is 0 Å². The summed E-state index contributed by atoms with van der Waals surface area (Å²) in [6, 6.07) is 3.16. The minimum atomic E-state index is -3.71. The van der Waals surface area contributed by atoms with Gasteiger partial charge in [0, 0.05) is 6.04 Å². The molecule has 0 amide bonds. The van der Waals surface area contributed by atoms with Gasteiger partial charge in [-0.3, -0.25) is 0 Å². The molecule has 0 spiro atoms. The molecule has 0 radical (unpaired) electrons. The molecule has 0 fully saturated rings. The SMILES string of the molecule is COC(=O)c1cc(S(=O)(=O)NC(C)C)ccc1O. The maximum Gasteiger partial charge on any atom is 0.341 e. The van der Waals surface area contributed by atoms with Gasteiger partial charge in [0.25, 0.3) is 0 Å². The van der Waals surface area contributed by atoms with E-state index in [0.717, 1.165) is 19.2 Å². The molecule has 0 aliphatic carbocycles. The van der Waals surface area contributed by atoms with Gasteiger partial charge in [-0.25, -0.2) is 17.9 Å². The van der Waals surface area contributed by atoms with Crippen molar-refractivity contribution in [1.82, 2.24) is 4.72 Å². The number of methoxy groups -OCH3 is 1. The minimum Gasteiger partial charge on any atom is -0.507 e. The molecule has 1 aromatic carbocycles. The summed E-state index contributed by atoms with van der Waals surface area (Å²) >= 11 is 0. The lowest BCUT2D eigenvalue weighted by Gasteiger charge is -2.11. The fourth-order valence-corrected chi connectivity index (χ4v) is 2.61. The number of hydrogen-bond acceptors (Lipinski definition) is 5. The maximum absolute atomic E-state index is 11.9. The second-order valence-electron chi connectivity index (χ2n) is 3.95. The van der Waals surface area contributed by atoms with Gasteiger partial charge in [-0.05, 0) is 32.0 Å². The van der Waals surface area contributed by atoms with E-state index in [-0.39, 0.29) is 22.3 Å². The number of carbonyl (C=O) groups is 1. The number of phenols is 1. The van der Waals surface area contributed by atoms with Gasteiger partial charge < -0.3 is 9.84 Å². The van der Waals surface area contributed by atoms with Crippen LogP contribution in [0.15, 0.2) is 23.1 Å². The Morgan fingerprint density at radius 2 is 2.00 bits per heavy atom. The van der Waals surface area contributed by atoms with Crippen LogP contribution in [-0.4, -0.2) is 32.6 Å². The number of hydrogen-bond donors (Lipinski definition) is 2. The highest BCUT2D eigenvalue weighted by molar-refractivity contribution is 7.89. The van der Waals surface area contributed by atoms with Crippen LogP contribution >= 0.6 is 0 Å². The van der Waals surface area contributed by atoms with Crippen molar-refractivity contribution < 1.29 is 23.1 Å². The first-order valence-corrected chi connectivity index (χ1v) is 6.70. The van der Waals surface area contributed by atoms with E-state index in [1.54, 1.807) is 13.8 Å². The predicted octanol–water partition coefficient (Wildman–Crippen LogP) is 0.865. The highest BCUT2D eigenvalue weighted by atomic mass is 32.2. The molecule has 100 valence electrons. The monoisotopic (exact) mass is 273 g/mol. The summed E-state index contributed by atoms with van der Waals surface area (Å²) in [5.74, 6) is -1.13. The summed E-state index contributed by atoms with van der Waals surface area (Å²) in [4.78, 5) is 11.2. The number of phenolic OH excluding ortho intramolecular Hbond substituents is 1. The number of benzene rings is 1. The lowest BCUT2D eigenvalue weighted by atomic mass is 10.2. The smallest absolute Gasteiger partial charge is 0.341 e. The molecular formula is C11H15NO5S. The van der Waals surface area contributed by atoms with E-state index in [4.69, 9.17) is 0 Å². The molecule has 0 aliphatic rings. The van der Waals surface area contributed by atoms with Gasteiger partial charge in [0.05, 0.1) is 12.0 Å². The van der Waals surface area contributed by atoms with Gasteiger partial charge in [-0.2, -0.15) is 0 Å². The van der Waals surface area contributed by atoms with Crippen LogP contribution in [0.4, 0.5) is 0 Å². The molecule has 0 saturated heterocycles. The molecule has 2 N–H and O–H groups in total. The molecule has 0 aromatic heterocycles. The first kappa shape index (κ1) is 14.5. The Morgan fingerprint density at radius 1 is 1.39 bits per heavy atom. The van der Waals surface area contributed by atoms with Gasteiger partial charge in [-0.1, -0.05) is 0 Å². The van der Waals surface area contributed by atoms with Gasteiger partial charge in [0.1, 0.15) is 11.3 Å². The first-order chi connectivity index (χ1) is 8.27. The van der Waals surface area contributed by atoms with Crippen molar-refractivity contribution in [2.45, 2.75) is 24.8 Å². The Kier molecular flexibility index (Phi) is 4.31. The van der Waals surface area contributed by atoms with Crippen molar-refractivity contribution in [2.24, 2.45) is 0 Å². The zero-order chi connectivity index (χ0) is 13.9. The van der Waals surface area contributed by atoms with E-state index in [9.17, 15) is 18.3 Å². The van der Waals surface area contributed by atoms with E-state index >= 15 is 0 Å². The zero-order valence-corrected chi connectivity index (χ0v) is 11.1. The molecule has 0 saturated carbocycles. The van der Waals surface area contributed by atoms with Gasteiger partial charge >= 0.3 is 5.97 Å². The quantitative estimate of drug-likeness (QED) is 0.794. The molecule has 7 heteroatoms. The summed E-state index contributed by atoms with van der Waals surface area (Å²) in [7, 11) is -2.56. The molecule has 1 rings (SSSR count). The highest BCUT2D eigenvalue weighted by Crippen LogP contribution is 2.22. The van der Waals surface area contributed by atoms with Crippen LogP contribution in [0.3, 0.4) is 0 Å². The lowest BCUT2D eigenvalue weighted by molar-refractivity contribution is 0.0597. The topological polar surface area (TPSA) is 92.7 Å². The molecule has 0 heterocycles. The average Bonchev–Trinajstić information content (AvgIpc) is 2.26. The fraction of sp³-hybridized carbons (Fsp3) is 0.364. The van der Waals surface area contributed by atoms with Gasteiger partial charge in [0.2, 0.25) is 10.0 Å². The average molecular weight is 273 g/mol. The molecule has 1 aromatic rings. The molecule has 0 bridgehead atoms. The Bertz CT molecular complexity index is 551. The van der Waals surface area contributed by atoms with E-state index in [2.05, 4.69) is 9.46 Å². The molecule has 18 heavy (non-hydrogen) atoms. The second kappa shape index (κ2) is 5.36. The van der Waals surface area contributed by atoms with E-state index in [1.165, 1.54) is 6.07 Å². The zero-order valence-electron chi connectivity index (χ0n) is 10.3. The van der Waals surface area contributed by atoms with Gasteiger partial charge in [-0.15, -0.1) is 0 Å². The second-order valence-corrected chi connectivity index (χ2v) is 5.66. The molecule has 6 nitrogen and oxygen atoms in total. The van der Waals surface area contributed by atoms with Crippen molar-refractivity contribution in [2.75, 3.05) is 7.11 Å². The molecule has 0 unspecified atom stereocenters. The van der Waals surface area contributed by atoms with E-state index in [0.29, 0.717) is 0 Å². The van der Waals surface area contributed by atoms with Crippen LogP contribution in [0.2, 0.25) is 0 Å². The third-order valence-corrected chi connectivity index (χ3v) is 3.73. The largest absolute Gasteiger partial charge is 0.507 e. The van der Waals surface area contributed by atoms with Crippen LogP contribution in [0.1, 0.15) is 24.2 Å². The number of nitrogens with one attached hydrogen (secondary N) is 1. The summed E-state index contributed by atoms with van der Waals surface area (Å²) in [6.45, 7) is 3.36. The minimum absolute atomic E-state index is 0.102. The summed E-state index contributed by atoms with van der Waals surface area (Å²) in [5, 5.41) is 9.47. The normalized spacial score (nSPS) is 11.6. The summed E-state index contributed by atoms with van der Waals surface area (Å²) in [6.07, 6.45) is 0. The third kappa shape index (κ3) is 3.21. The Hall–Kier alpha value is -1.60. The van der Waals surface area contributed by atoms with Crippen molar-refractivity contribution in [3.8, 4) is 5.75 Å². The number of esters is 1. The summed E-state index contributed by atoms with van der Waals surface area (Å²) in [5.41, 5.74) is -0.191. The van der Waals surface area contributed by atoms with E-state index in [1.807, 2.05) is 0 Å². The Balaban J connectivity index is 3.24. The van der Waals surface area contributed by atoms with Crippen LogP contribution in [-0.2, 0) is 14.8 Å². The van der Waals surface area contributed by atoms with Crippen LogP contribution in [0.25, 0.3) is 0 Å². The molecule has 0 atom stereocenters. The fourth-order valence-electron chi connectivity index (χ4n) is 1.33. The van der Waals surface area contributed by atoms with Crippen molar-refractivity contribution >= 4 is 16.0 Å². The Labute approximate surface area is 106 Å². The highest BCUT2D eigenvalue weighted by Gasteiger charge is 2.20. The number of sulfonamides is 1. The van der Waals surface area contributed by atoms with Gasteiger partial charge in [0.15, 0.2) is 0 Å². The van der Waals surface area contributed by atoms with Crippen LogP contribution < -0.4 is 4.72 Å². The third-order valence-electron chi connectivity index (χ3n) is 2.07. The standard InChI is InChI=1S/C11H15NO5S/c1-7(2)12-18(15,16)8-4-5-10(13)9(6-8)11(14)17-3/h4-7,12-13H,1-3H3.